The molecule has 1 amide bonds. The lowest BCUT2D eigenvalue weighted by molar-refractivity contribution is -0.135. The molecule has 0 aromatic heterocycles. The van der Waals surface area contributed by atoms with Crippen LogP contribution in [0, 0.1) is 0 Å². The third-order valence-electron chi connectivity index (χ3n) is 2.23. The Balaban J connectivity index is 2.36. The monoisotopic (exact) mass is 202 g/mol. The highest BCUT2D eigenvalue weighted by Gasteiger charge is 2.21. The molecule has 0 aromatic carbocycles. The van der Waals surface area contributed by atoms with Crippen LogP contribution in [0.5, 0.6) is 0 Å². The van der Waals surface area contributed by atoms with E-state index in [2.05, 4.69) is 4.90 Å². The first-order valence-electron chi connectivity index (χ1n) is 4.53. The fourth-order valence-corrected chi connectivity index (χ4v) is 1.52. The lowest BCUT2D eigenvalue weighted by Crippen LogP contribution is -2.49. The Hall–Kier alpha value is -0.540. The smallest absolute Gasteiger partial charge is 0.236 e. The Bertz CT molecular complexity index is 206. The van der Waals surface area contributed by atoms with Gasteiger partial charge >= 0.3 is 0 Å². The molecule has 0 saturated carbocycles. The molecule has 3 nitrogen and oxygen atoms in total. The molecular formula is C9H15ClN2O. The number of likely N-dealkylation sites (N-methyl/N-ethyl adjacent to an activating group) is 1. The Labute approximate surface area is 83.9 Å². The van der Waals surface area contributed by atoms with Gasteiger partial charge in [0.05, 0.1) is 6.54 Å². The van der Waals surface area contributed by atoms with Gasteiger partial charge in [0, 0.05) is 31.7 Å². The predicted octanol–water partition coefficient (Wildman–Crippen LogP) is 0.903. The molecular weight excluding hydrogens is 188 g/mol. The second-order valence-electron chi connectivity index (χ2n) is 3.07. The number of nitrogens with zero attached hydrogens (tertiary/aromatic N) is 2. The molecule has 1 rings (SSSR count). The van der Waals surface area contributed by atoms with Gasteiger partial charge in [0.25, 0.3) is 0 Å². The minimum atomic E-state index is 0.219. The number of rotatable bonds is 3. The van der Waals surface area contributed by atoms with Gasteiger partial charge in [0.15, 0.2) is 0 Å². The number of halogens is 1. The maximum atomic E-state index is 11.4. The maximum Gasteiger partial charge on any atom is 0.236 e. The highest BCUT2D eigenvalue weighted by molar-refractivity contribution is 6.25. The Morgan fingerprint density at radius 1 is 1.54 bits per heavy atom. The van der Waals surface area contributed by atoms with Gasteiger partial charge in [-0.2, -0.15) is 0 Å². The SMILES string of the molecule is CCN1CCN(C/C=C/Cl)CC1=O. The standard InChI is InChI=1S/C9H15ClN2O/c1-2-12-7-6-11(5-3-4-10)8-9(12)13/h3-4H,2,5-8H2,1H3/b4-3+. The van der Waals surface area contributed by atoms with Crippen LogP contribution in [-0.4, -0.2) is 48.4 Å². The first-order chi connectivity index (χ1) is 6.27. The van der Waals surface area contributed by atoms with E-state index in [0.29, 0.717) is 6.54 Å². The maximum absolute atomic E-state index is 11.4. The zero-order valence-corrected chi connectivity index (χ0v) is 8.63. The third kappa shape index (κ3) is 3.01. The lowest BCUT2D eigenvalue weighted by atomic mass is 10.3. The fraction of sp³-hybridized carbons (Fsp3) is 0.667. The topological polar surface area (TPSA) is 23.6 Å². The summed E-state index contributed by atoms with van der Waals surface area (Å²) in [5.41, 5.74) is 1.50. The van der Waals surface area contributed by atoms with Gasteiger partial charge in [-0.25, -0.2) is 0 Å². The quantitative estimate of drug-likeness (QED) is 0.679. The summed E-state index contributed by atoms with van der Waals surface area (Å²) in [7, 11) is 0. The van der Waals surface area contributed by atoms with Crippen LogP contribution in [0.2, 0.25) is 0 Å². The lowest BCUT2D eigenvalue weighted by Gasteiger charge is -2.32. The summed E-state index contributed by atoms with van der Waals surface area (Å²) in [4.78, 5) is 15.4. The number of carbonyl (C=O) groups is 1. The van der Waals surface area contributed by atoms with Crippen molar-refractivity contribution >= 4 is 17.5 Å². The summed E-state index contributed by atoms with van der Waals surface area (Å²) in [5, 5.41) is 0. The van der Waals surface area contributed by atoms with Gasteiger partial charge < -0.3 is 4.90 Å². The molecule has 0 aromatic rings. The first-order valence-corrected chi connectivity index (χ1v) is 4.97. The van der Waals surface area contributed by atoms with Gasteiger partial charge in [-0.05, 0) is 6.92 Å². The van der Waals surface area contributed by atoms with Crippen LogP contribution in [0.15, 0.2) is 11.6 Å². The molecule has 0 spiro atoms. The molecule has 1 aliphatic heterocycles. The molecule has 0 radical (unpaired) electrons. The fourth-order valence-electron chi connectivity index (χ4n) is 1.44. The molecule has 0 atom stereocenters. The molecule has 1 aliphatic rings. The molecule has 13 heavy (non-hydrogen) atoms. The van der Waals surface area contributed by atoms with E-state index in [0.717, 1.165) is 26.2 Å². The van der Waals surface area contributed by atoms with Gasteiger partial charge in [-0.1, -0.05) is 17.7 Å². The summed E-state index contributed by atoms with van der Waals surface area (Å²) >= 11 is 5.41. The molecule has 0 N–H and O–H groups in total. The highest BCUT2D eigenvalue weighted by atomic mass is 35.5. The second kappa shape index (κ2) is 5.25. The normalized spacial score (nSPS) is 20.2. The van der Waals surface area contributed by atoms with Crippen molar-refractivity contribution < 1.29 is 4.79 Å². The van der Waals surface area contributed by atoms with E-state index in [9.17, 15) is 4.79 Å². The Morgan fingerprint density at radius 3 is 2.85 bits per heavy atom. The van der Waals surface area contributed by atoms with Gasteiger partial charge in [0.2, 0.25) is 5.91 Å². The van der Waals surface area contributed by atoms with Crippen LogP contribution in [0.25, 0.3) is 0 Å². The minimum absolute atomic E-state index is 0.219. The van der Waals surface area contributed by atoms with Gasteiger partial charge in [-0.15, -0.1) is 0 Å². The van der Waals surface area contributed by atoms with Crippen LogP contribution < -0.4 is 0 Å². The number of carbonyl (C=O) groups excluding carboxylic acids is 1. The van der Waals surface area contributed by atoms with Crippen molar-refractivity contribution in [1.29, 1.82) is 0 Å². The molecule has 0 bridgehead atoms. The van der Waals surface area contributed by atoms with Crippen molar-refractivity contribution in [3.63, 3.8) is 0 Å². The number of amides is 1. The van der Waals surface area contributed by atoms with E-state index in [1.807, 2.05) is 17.9 Å². The predicted molar refractivity (Wildman–Crippen MR) is 53.7 cm³/mol. The largest absolute Gasteiger partial charge is 0.341 e. The van der Waals surface area contributed by atoms with E-state index in [-0.39, 0.29) is 5.91 Å². The highest BCUT2D eigenvalue weighted by Crippen LogP contribution is 2.02. The van der Waals surface area contributed by atoms with Crippen LogP contribution in [0.1, 0.15) is 6.92 Å². The number of hydrogen-bond donors (Lipinski definition) is 0. The van der Waals surface area contributed by atoms with Crippen LogP contribution in [0.3, 0.4) is 0 Å². The average Bonchev–Trinajstić information content (AvgIpc) is 2.15. The van der Waals surface area contributed by atoms with E-state index in [1.165, 1.54) is 5.54 Å². The Kier molecular flexibility index (Phi) is 4.25. The molecule has 0 unspecified atom stereocenters. The van der Waals surface area contributed by atoms with E-state index in [4.69, 9.17) is 11.6 Å². The summed E-state index contributed by atoms with van der Waals surface area (Å²) < 4.78 is 0. The zero-order valence-electron chi connectivity index (χ0n) is 7.87. The minimum Gasteiger partial charge on any atom is -0.341 e. The summed E-state index contributed by atoms with van der Waals surface area (Å²) in [5.74, 6) is 0.219. The summed E-state index contributed by atoms with van der Waals surface area (Å²) in [6.07, 6.45) is 1.86. The molecule has 1 heterocycles. The van der Waals surface area contributed by atoms with E-state index < -0.39 is 0 Å². The summed E-state index contributed by atoms with van der Waals surface area (Å²) in [6.45, 7) is 5.90. The molecule has 1 saturated heterocycles. The molecule has 1 fully saturated rings. The number of piperazine rings is 1. The van der Waals surface area contributed by atoms with E-state index in [1.54, 1.807) is 0 Å². The summed E-state index contributed by atoms with van der Waals surface area (Å²) in [6, 6.07) is 0. The van der Waals surface area contributed by atoms with Crippen LogP contribution in [0.4, 0.5) is 0 Å². The Morgan fingerprint density at radius 2 is 2.31 bits per heavy atom. The van der Waals surface area contributed by atoms with Gasteiger partial charge in [0.1, 0.15) is 0 Å². The van der Waals surface area contributed by atoms with Crippen molar-refractivity contribution in [1.82, 2.24) is 9.80 Å². The average molecular weight is 203 g/mol. The van der Waals surface area contributed by atoms with E-state index >= 15 is 0 Å². The molecule has 0 aliphatic carbocycles. The first kappa shape index (κ1) is 10.5. The van der Waals surface area contributed by atoms with Crippen molar-refractivity contribution in [2.24, 2.45) is 0 Å². The second-order valence-corrected chi connectivity index (χ2v) is 3.32. The van der Waals surface area contributed by atoms with Gasteiger partial charge in [-0.3, -0.25) is 9.69 Å². The van der Waals surface area contributed by atoms with Crippen molar-refractivity contribution in [3.8, 4) is 0 Å². The van der Waals surface area contributed by atoms with Crippen molar-refractivity contribution in [2.45, 2.75) is 6.92 Å². The number of hydrogen-bond acceptors (Lipinski definition) is 2. The third-order valence-corrected chi connectivity index (χ3v) is 2.41. The van der Waals surface area contributed by atoms with Crippen molar-refractivity contribution in [2.75, 3.05) is 32.7 Å². The van der Waals surface area contributed by atoms with Crippen molar-refractivity contribution in [3.05, 3.63) is 11.6 Å². The molecule has 74 valence electrons. The zero-order chi connectivity index (χ0) is 9.68. The molecule has 4 heteroatoms. The van der Waals surface area contributed by atoms with Crippen LogP contribution >= 0.6 is 11.6 Å². The van der Waals surface area contributed by atoms with Crippen LogP contribution in [-0.2, 0) is 4.79 Å².